The van der Waals surface area contributed by atoms with E-state index in [1.807, 2.05) is 34.9 Å². The molecule has 1 aromatic heterocycles. The Bertz CT molecular complexity index is 1140. The number of fused-ring (bicyclic) bond motifs is 1. The van der Waals surface area contributed by atoms with Crippen molar-refractivity contribution < 1.29 is 9.13 Å². The maximum atomic E-state index is 13.0. The van der Waals surface area contributed by atoms with Crippen LogP contribution in [0.5, 0.6) is 5.75 Å². The van der Waals surface area contributed by atoms with Crippen LogP contribution in [0.2, 0.25) is 0 Å². The summed E-state index contributed by atoms with van der Waals surface area (Å²) in [6.07, 6.45) is 1.65. The van der Waals surface area contributed by atoms with E-state index in [0.29, 0.717) is 24.5 Å². The van der Waals surface area contributed by atoms with Crippen LogP contribution in [-0.4, -0.2) is 15.7 Å². The van der Waals surface area contributed by atoms with Gasteiger partial charge in [0.05, 0.1) is 17.6 Å². The van der Waals surface area contributed by atoms with E-state index in [1.165, 1.54) is 17.7 Å². The average molecular weight is 426 g/mol. The second-order valence-electron chi connectivity index (χ2n) is 7.01. The van der Waals surface area contributed by atoms with Crippen LogP contribution in [0.4, 0.5) is 4.39 Å². The van der Waals surface area contributed by atoms with Gasteiger partial charge in [-0.1, -0.05) is 42.5 Å². The van der Waals surface area contributed by atoms with Gasteiger partial charge in [-0.2, -0.15) is 0 Å². The first-order chi connectivity index (χ1) is 14.2. The number of ether oxygens (including phenoxy) is 1. The minimum atomic E-state index is -0.268. The van der Waals surface area contributed by atoms with Crippen molar-refractivity contribution in [2.24, 2.45) is 0 Å². The SMILES string of the molecule is Cl.N=c1n(CCCOc2ccc(F)cc2)c2ccccc2n1CCc1ccccc1. The first-order valence-corrected chi connectivity index (χ1v) is 9.87. The smallest absolute Gasteiger partial charge is 0.203 e. The van der Waals surface area contributed by atoms with Crippen molar-refractivity contribution in [2.45, 2.75) is 25.9 Å². The lowest BCUT2D eigenvalue weighted by molar-refractivity contribution is 0.300. The van der Waals surface area contributed by atoms with Crippen LogP contribution >= 0.6 is 12.4 Å². The Balaban J connectivity index is 0.00000256. The number of rotatable bonds is 8. The fourth-order valence-electron chi connectivity index (χ4n) is 3.58. The molecule has 156 valence electrons. The van der Waals surface area contributed by atoms with Crippen LogP contribution in [0.1, 0.15) is 12.0 Å². The number of aromatic nitrogens is 2. The van der Waals surface area contributed by atoms with Gasteiger partial charge in [-0.05, 0) is 54.8 Å². The second-order valence-corrected chi connectivity index (χ2v) is 7.01. The third-order valence-electron chi connectivity index (χ3n) is 5.05. The number of aryl methyl sites for hydroxylation is 3. The molecule has 3 aromatic carbocycles. The largest absolute Gasteiger partial charge is 0.494 e. The standard InChI is InChI=1S/C24H24FN3O.ClH/c25-20-11-13-21(14-12-20)29-18-6-16-27-22-9-4-5-10-23(22)28(24(27)26)17-15-19-7-2-1-3-8-19;/h1-5,7-14,26H,6,15-18H2;1H. The summed E-state index contributed by atoms with van der Waals surface area (Å²) in [4.78, 5) is 0. The molecule has 0 amide bonds. The quantitative estimate of drug-likeness (QED) is 0.387. The Morgan fingerprint density at radius 2 is 1.37 bits per heavy atom. The molecular formula is C24H25ClFN3O. The van der Waals surface area contributed by atoms with Gasteiger partial charge in [0.1, 0.15) is 11.6 Å². The van der Waals surface area contributed by atoms with Gasteiger partial charge in [0, 0.05) is 13.1 Å². The maximum absolute atomic E-state index is 13.0. The highest BCUT2D eigenvalue weighted by Gasteiger charge is 2.10. The molecule has 0 atom stereocenters. The molecule has 0 aliphatic rings. The number of para-hydroxylation sites is 2. The van der Waals surface area contributed by atoms with Crippen LogP contribution in [-0.2, 0) is 19.5 Å². The van der Waals surface area contributed by atoms with E-state index in [1.54, 1.807) is 12.1 Å². The molecule has 4 nitrogen and oxygen atoms in total. The minimum absolute atomic E-state index is 0. The number of nitrogens with zero attached hydrogens (tertiary/aromatic N) is 2. The third kappa shape index (κ3) is 4.92. The summed E-state index contributed by atoms with van der Waals surface area (Å²) < 4.78 is 22.8. The number of imidazole rings is 1. The monoisotopic (exact) mass is 425 g/mol. The van der Waals surface area contributed by atoms with Crippen molar-refractivity contribution >= 4 is 23.4 Å². The van der Waals surface area contributed by atoms with Gasteiger partial charge in [-0.15, -0.1) is 12.4 Å². The first-order valence-electron chi connectivity index (χ1n) is 9.87. The van der Waals surface area contributed by atoms with E-state index in [0.717, 1.165) is 30.4 Å². The normalized spacial score (nSPS) is 10.7. The zero-order valence-electron chi connectivity index (χ0n) is 16.6. The van der Waals surface area contributed by atoms with E-state index in [2.05, 4.69) is 28.8 Å². The van der Waals surface area contributed by atoms with Gasteiger partial charge in [0.15, 0.2) is 0 Å². The molecule has 1 N–H and O–H groups in total. The average Bonchev–Trinajstić information content (AvgIpc) is 3.02. The molecule has 0 radical (unpaired) electrons. The zero-order chi connectivity index (χ0) is 20.1. The number of benzene rings is 3. The summed E-state index contributed by atoms with van der Waals surface area (Å²) in [7, 11) is 0. The van der Waals surface area contributed by atoms with Gasteiger partial charge in [0.2, 0.25) is 5.62 Å². The molecule has 0 saturated carbocycles. The van der Waals surface area contributed by atoms with Crippen molar-refractivity contribution in [3.05, 3.63) is 95.9 Å². The van der Waals surface area contributed by atoms with E-state index in [9.17, 15) is 4.39 Å². The molecule has 30 heavy (non-hydrogen) atoms. The topological polar surface area (TPSA) is 42.9 Å². The van der Waals surface area contributed by atoms with Gasteiger partial charge in [-0.25, -0.2) is 4.39 Å². The summed E-state index contributed by atoms with van der Waals surface area (Å²) in [5, 5.41) is 8.71. The highest BCUT2D eigenvalue weighted by atomic mass is 35.5. The summed E-state index contributed by atoms with van der Waals surface area (Å²) in [6, 6.07) is 24.6. The number of nitrogens with one attached hydrogen (secondary N) is 1. The predicted molar refractivity (Wildman–Crippen MR) is 120 cm³/mol. The number of hydrogen-bond acceptors (Lipinski definition) is 2. The van der Waals surface area contributed by atoms with Crippen LogP contribution in [0, 0.1) is 11.2 Å². The molecule has 4 rings (SSSR count). The van der Waals surface area contributed by atoms with Gasteiger partial charge in [0.25, 0.3) is 0 Å². The van der Waals surface area contributed by atoms with Gasteiger partial charge in [-0.3, -0.25) is 5.41 Å². The van der Waals surface area contributed by atoms with E-state index < -0.39 is 0 Å². The molecule has 0 fully saturated rings. The summed E-state index contributed by atoms with van der Waals surface area (Å²) >= 11 is 0. The van der Waals surface area contributed by atoms with Crippen molar-refractivity contribution in [1.29, 1.82) is 5.41 Å². The van der Waals surface area contributed by atoms with Crippen molar-refractivity contribution in [3.63, 3.8) is 0 Å². The Morgan fingerprint density at radius 3 is 2.03 bits per heavy atom. The van der Waals surface area contributed by atoms with E-state index in [-0.39, 0.29) is 18.2 Å². The highest BCUT2D eigenvalue weighted by Crippen LogP contribution is 2.15. The maximum Gasteiger partial charge on any atom is 0.203 e. The lowest BCUT2D eigenvalue weighted by Gasteiger charge is -2.08. The second kappa shape index (κ2) is 10.1. The van der Waals surface area contributed by atoms with Crippen LogP contribution in [0.15, 0.2) is 78.9 Å². The molecular weight excluding hydrogens is 401 g/mol. The van der Waals surface area contributed by atoms with Crippen LogP contribution in [0.25, 0.3) is 11.0 Å². The van der Waals surface area contributed by atoms with Crippen LogP contribution in [0.3, 0.4) is 0 Å². The minimum Gasteiger partial charge on any atom is -0.494 e. The summed E-state index contributed by atoms with van der Waals surface area (Å²) in [5.41, 5.74) is 3.91. The Kier molecular flexibility index (Phi) is 7.31. The molecule has 4 aromatic rings. The predicted octanol–water partition coefficient (Wildman–Crippen LogP) is 5.19. The van der Waals surface area contributed by atoms with Crippen LogP contribution < -0.4 is 10.4 Å². The van der Waals surface area contributed by atoms with Crippen molar-refractivity contribution in [3.8, 4) is 5.75 Å². The summed E-state index contributed by atoms with van der Waals surface area (Å²) in [6.45, 7) is 1.98. The highest BCUT2D eigenvalue weighted by molar-refractivity contribution is 5.85. The molecule has 6 heteroatoms. The van der Waals surface area contributed by atoms with Crippen molar-refractivity contribution in [1.82, 2.24) is 9.13 Å². The van der Waals surface area contributed by atoms with E-state index in [4.69, 9.17) is 10.1 Å². The lowest BCUT2D eigenvalue weighted by atomic mass is 10.1. The Hall–Kier alpha value is -3.05. The van der Waals surface area contributed by atoms with E-state index >= 15 is 0 Å². The zero-order valence-corrected chi connectivity index (χ0v) is 17.4. The fourth-order valence-corrected chi connectivity index (χ4v) is 3.58. The van der Waals surface area contributed by atoms with Gasteiger partial charge < -0.3 is 13.9 Å². The molecule has 0 spiro atoms. The summed E-state index contributed by atoms with van der Waals surface area (Å²) in [5.74, 6) is 0.392. The first kappa shape index (κ1) is 21.7. The molecule has 0 aliphatic carbocycles. The Morgan fingerprint density at radius 1 is 0.767 bits per heavy atom. The van der Waals surface area contributed by atoms with Gasteiger partial charge >= 0.3 is 0 Å². The molecule has 0 aliphatic heterocycles. The third-order valence-corrected chi connectivity index (χ3v) is 5.05. The molecule has 0 unspecified atom stereocenters. The molecule has 0 saturated heterocycles. The molecule has 0 bridgehead atoms. The number of halogens is 2. The number of hydrogen-bond donors (Lipinski definition) is 1. The molecule has 1 heterocycles. The fraction of sp³-hybridized carbons (Fsp3) is 0.208. The van der Waals surface area contributed by atoms with Crippen molar-refractivity contribution in [2.75, 3.05) is 6.61 Å². The Labute approximate surface area is 181 Å². The lowest BCUT2D eigenvalue weighted by Crippen LogP contribution is -2.26.